The highest BCUT2D eigenvalue weighted by Crippen LogP contribution is 2.11. The van der Waals surface area contributed by atoms with Gasteiger partial charge in [0.15, 0.2) is 0 Å². The van der Waals surface area contributed by atoms with E-state index < -0.39 is 20.8 Å². The maximum Gasteiger partial charge on any atom is 0.211 e. The van der Waals surface area contributed by atoms with Crippen molar-refractivity contribution in [3.63, 3.8) is 0 Å². The SMILES string of the molecule is CC(CCS(C)=O)NS(=O)(=O)CCC1CCCCN1. The Hall–Kier alpha value is 0.0200. The number of nitrogens with one attached hydrogen (secondary N) is 2. The first-order valence-electron chi connectivity index (χ1n) is 6.92. The summed E-state index contributed by atoms with van der Waals surface area (Å²) in [6.45, 7) is 2.82. The molecule has 0 bridgehead atoms. The van der Waals surface area contributed by atoms with Crippen molar-refractivity contribution in [2.45, 2.75) is 51.1 Å². The molecule has 1 aliphatic heterocycles. The topological polar surface area (TPSA) is 75.3 Å². The fraction of sp³-hybridized carbons (Fsp3) is 1.00. The normalized spacial score (nSPS) is 24.0. The van der Waals surface area contributed by atoms with Crippen molar-refractivity contribution < 1.29 is 12.6 Å². The number of hydrogen-bond donors (Lipinski definition) is 2. The van der Waals surface area contributed by atoms with Gasteiger partial charge >= 0.3 is 0 Å². The highest BCUT2D eigenvalue weighted by Gasteiger charge is 2.19. The van der Waals surface area contributed by atoms with Gasteiger partial charge in [-0.1, -0.05) is 6.42 Å². The Kier molecular flexibility index (Phi) is 7.49. The van der Waals surface area contributed by atoms with Crippen LogP contribution in [0.5, 0.6) is 0 Å². The van der Waals surface area contributed by atoms with Crippen molar-refractivity contribution in [2.24, 2.45) is 0 Å². The van der Waals surface area contributed by atoms with Gasteiger partial charge in [-0.2, -0.15) is 0 Å². The van der Waals surface area contributed by atoms with E-state index in [1.165, 1.54) is 12.8 Å². The molecule has 0 aromatic rings. The fourth-order valence-corrected chi connectivity index (χ4v) is 4.36. The Balaban J connectivity index is 2.28. The Bertz CT molecular complexity index is 378. The second kappa shape index (κ2) is 8.34. The third-order valence-corrected chi connectivity index (χ3v) is 5.71. The van der Waals surface area contributed by atoms with Gasteiger partial charge in [0.05, 0.1) is 5.75 Å². The molecular weight excluding hydrogens is 284 g/mol. The standard InChI is InChI=1S/C12H26N2O3S2/c1-11(6-9-18(2)15)14-19(16,17)10-7-12-5-3-4-8-13-12/h11-14H,3-10H2,1-2H3. The molecule has 0 radical (unpaired) electrons. The van der Waals surface area contributed by atoms with Crippen LogP contribution in [0.4, 0.5) is 0 Å². The van der Waals surface area contributed by atoms with E-state index in [9.17, 15) is 12.6 Å². The van der Waals surface area contributed by atoms with E-state index in [0.29, 0.717) is 24.6 Å². The van der Waals surface area contributed by atoms with Crippen LogP contribution in [0.25, 0.3) is 0 Å². The molecule has 2 N–H and O–H groups in total. The highest BCUT2D eigenvalue weighted by atomic mass is 32.2. The predicted octanol–water partition coefficient (Wildman–Crippen LogP) is 0.595. The molecule has 3 unspecified atom stereocenters. The summed E-state index contributed by atoms with van der Waals surface area (Å²) in [6.07, 6.45) is 6.36. The lowest BCUT2D eigenvalue weighted by molar-refractivity contribution is 0.392. The van der Waals surface area contributed by atoms with Gasteiger partial charge in [-0.05, 0) is 39.2 Å². The van der Waals surface area contributed by atoms with Crippen LogP contribution in [0.2, 0.25) is 0 Å². The molecule has 0 aromatic heterocycles. The van der Waals surface area contributed by atoms with Gasteiger partial charge in [0, 0.05) is 34.9 Å². The summed E-state index contributed by atoms with van der Waals surface area (Å²) in [5.41, 5.74) is 0. The molecule has 1 fully saturated rings. The molecule has 3 atom stereocenters. The van der Waals surface area contributed by atoms with Crippen LogP contribution < -0.4 is 10.0 Å². The van der Waals surface area contributed by atoms with Crippen molar-refractivity contribution in [2.75, 3.05) is 24.3 Å². The first-order valence-corrected chi connectivity index (χ1v) is 10.3. The molecule has 0 saturated carbocycles. The summed E-state index contributed by atoms with van der Waals surface area (Å²) in [7, 11) is -4.08. The molecule has 1 rings (SSSR count). The van der Waals surface area contributed by atoms with Crippen LogP contribution >= 0.6 is 0 Å². The zero-order valence-corrected chi connectivity index (χ0v) is 13.5. The molecule has 5 nitrogen and oxygen atoms in total. The predicted molar refractivity (Wildman–Crippen MR) is 80.2 cm³/mol. The lowest BCUT2D eigenvalue weighted by Gasteiger charge is -2.23. The number of hydrogen-bond acceptors (Lipinski definition) is 4. The van der Waals surface area contributed by atoms with E-state index in [4.69, 9.17) is 0 Å². The molecular formula is C12H26N2O3S2. The summed E-state index contributed by atoms with van der Waals surface area (Å²) in [5.74, 6) is 0.706. The lowest BCUT2D eigenvalue weighted by Crippen LogP contribution is -2.39. The van der Waals surface area contributed by atoms with Gasteiger partial charge in [0.1, 0.15) is 0 Å². The monoisotopic (exact) mass is 310 g/mol. The summed E-state index contributed by atoms with van der Waals surface area (Å²) in [5, 5.41) is 3.35. The van der Waals surface area contributed by atoms with E-state index in [2.05, 4.69) is 10.0 Å². The van der Waals surface area contributed by atoms with Gasteiger partial charge < -0.3 is 5.32 Å². The van der Waals surface area contributed by atoms with Crippen molar-refractivity contribution in [3.8, 4) is 0 Å². The summed E-state index contributed by atoms with van der Waals surface area (Å²) in [4.78, 5) is 0. The number of piperidine rings is 1. The van der Waals surface area contributed by atoms with E-state index >= 15 is 0 Å². The smallest absolute Gasteiger partial charge is 0.211 e. The second-order valence-corrected chi connectivity index (χ2v) is 8.77. The maximum absolute atomic E-state index is 11.9. The Labute approximate surface area is 119 Å². The molecule has 0 aliphatic carbocycles. The van der Waals surface area contributed by atoms with Gasteiger partial charge in [-0.25, -0.2) is 13.1 Å². The quantitative estimate of drug-likeness (QED) is 0.688. The number of sulfonamides is 1. The zero-order chi connectivity index (χ0) is 14.3. The third-order valence-electron chi connectivity index (χ3n) is 3.37. The molecule has 0 aromatic carbocycles. The molecule has 19 heavy (non-hydrogen) atoms. The van der Waals surface area contributed by atoms with Crippen molar-refractivity contribution in [1.29, 1.82) is 0 Å². The van der Waals surface area contributed by atoms with Crippen molar-refractivity contribution in [1.82, 2.24) is 10.0 Å². The molecule has 114 valence electrons. The first kappa shape index (κ1) is 17.1. The Morgan fingerprint density at radius 2 is 2.16 bits per heavy atom. The highest BCUT2D eigenvalue weighted by molar-refractivity contribution is 7.89. The minimum absolute atomic E-state index is 0.145. The second-order valence-electron chi connectivity index (χ2n) is 5.34. The van der Waals surface area contributed by atoms with Crippen LogP contribution in [0, 0.1) is 0 Å². The van der Waals surface area contributed by atoms with E-state index in [0.717, 1.165) is 13.0 Å². The zero-order valence-electron chi connectivity index (χ0n) is 11.9. The molecule has 1 aliphatic rings. The van der Waals surface area contributed by atoms with Gasteiger partial charge in [-0.15, -0.1) is 0 Å². The van der Waals surface area contributed by atoms with Crippen molar-refractivity contribution >= 4 is 20.8 Å². The lowest BCUT2D eigenvalue weighted by atomic mass is 10.0. The van der Waals surface area contributed by atoms with Crippen LogP contribution in [0.3, 0.4) is 0 Å². The minimum atomic E-state index is -3.22. The van der Waals surface area contributed by atoms with E-state index in [1.807, 2.05) is 6.92 Å². The molecule has 1 heterocycles. The van der Waals surface area contributed by atoms with Gasteiger partial charge in [0.25, 0.3) is 0 Å². The van der Waals surface area contributed by atoms with Gasteiger partial charge in [0.2, 0.25) is 10.0 Å². The maximum atomic E-state index is 11.9. The van der Waals surface area contributed by atoms with Crippen LogP contribution in [-0.2, 0) is 20.8 Å². The van der Waals surface area contributed by atoms with E-state index in [1.54, 1.807) is 6.26 Å². The Morgan fingerprint density at radius 1 is 1.42 bits per heavy atom. The fourth-order valence-electron chi connectivity index (χ4n) is 2.23. The molecule has 0 spiro atoms. The Morgan fingerprint density at radius 3 is 2.74 bits per heavy atom. The van der Waals surface area contributed by atoms with Crippen molar-refractivity contribution in [3.05, 3.63) is 0 Å². The van der Waals surface area contributed by atoms with Crippen LogP contribution in [-0.4, -0.2) is 49.0 Å². The van der Waals surface area contributed by atoms with Crippen LogP contribution in [0.15, 0.2) is 0 Å². The molecule has 7 heteroatoms. The average Bonchev–Trinajstić information content (AvgIpc) is 2.35. The molecule has 0 amide bonds. The summed E-state index contributed by atoms with van der Waals surface area (Å²) >= 11 is 0. The summed E-state index contributed by atoms with van der Waals surface area (Å²) in [6, 6.07) is 0.192. The van der Waals surface area contributed by atoms with Crippen LogP contribution in [0.1, 0.15) is 39.0 Å². The average molecular weight is 310 g/mol. The summed E-state index contributed by atoms with van der Waals surface area (Å²) < 4.78 is 37.5. The number of rotatable bonds is 8. The third kappa shape index (κ3) is 8.02. The molecule has 1 saturated heterocycles. The minimum Gasteiger partial charge on any atom is -0.314 e. The van der Waals surface area contributed by atoms with E-state index in [-0.39, 0.29) is 11.8 Å². The van der Waals surface area contributed by atoms with Gasteiger partial charge in [-0.3, -0.25) is 4.21 Å². The first-order chi connectivity index (χ1) is 8.89. The largest absolute Gasteiger partial charge is 0.314 e.